The number of carbonyl (C=O) groups excluding carboxylic acids is 3. The van der Waals surface area contributed by atoms with Crippen LogP contribution in [0.25, 0.3) is 0 Å². The molecule has 0 aromatic heterocycles. The highest BCUT2D eigenvalue weighted by Gasteiger charge is 2.44. The third-order valence-electron chi connectivity index (χ3n) is 2.61. The van der Waals surface area contributed by atoms with Crippen LogP contribution in [0.1, 0.15) is 20.8 Å². The zero-order chi connectivity index (χ0) is 15.3. The number of rotatable bonds is 4. The molecule has 20 heavy (non-hydrogen) atoms. The Balaban J connectivity index is 2.83. The van der Waals surface area contributed by atoms with Crippen LogP contribution in [0.3, 0.4) is 0 Å². The standard InChI is InChI=1S/C12H18O8/c1-6(13)17-5-10-12(20-8(3)15)11(19-7(2)14)9(16)4-18-10/h9-12,16H,4-5H2,1-3H3/t9-,10+,11-,12-/m1/s1. The number of ether oxygens (including phenoxy) is 4. The molecule has 8 nitrogen and oxygen atoms in total. The molecule has 0 aromatic carbocycles. The minimum absolute atomic E-state index is 0.123. The van der Waals surface area contributed by atoms with Crippen molar-refractivity contribution >= 4 is 17.9 Å². The van der Waals surface area contributed by atoms with Gasteiger partial charge in [0, 0.05) is 20.8 Å². The normalized spacial score (nSPS) is 29.4. The number of aliphatic hydroxyl groups excluding tert-OH is 1. The van der Waals surface area contributed by atoms with Crippen LogP contribution < -0.4 is 0 Å². The first-order valence-electron chi connectivity index (χ1n) is 6.08. The maximum atomic E-state index is 11.1. The first kappa shape index (κ1) is 16.4. The molecule has 114 valence electrons. The molecule has 0 bridgehead atoms. The summed E-state index contributed by atoms with van der Waals surface area (Å²) in [5, 5.41) is 9.80. The van der Waals surface area contributed by atoms with Gasteiger partial charge in [0.15, 0.2) is 12.2 Å². The largest absolute Gasteiger partial charge is 0.463 e. The van der Waals surface area contributed by atoms with Gasteiger partial charge in [0.25, 0.3) is 0 Å². The van der Waals surface area contributed by atoms with Crippen molar-refractivity contribution in [3.63, 3.8) is 0 Å². The van der Waals surface area contributed by atoms with Gasteiger partial charge in [0.2, 0.25) is 0 Å². The van der Waals surface area contributed by atoms with E-state index in [2.05, 4.69) is 0 Å². The molecule has 1 heterocycles. The van der Waals surface area contributed by atoms with Crippen LogP contribution in [0.2, 0.25) is 0 Å². The van der Waals surface area contributed by atoms with Crippen LogP contribution in [0.15, 0.2) is 0 Å². The lowest BCUT2D eigenvalue weighted by Gasteiger charge is -2.38. The fourth-order valence-electron chi connectivity index (χ4n) is 1.86. The third-order valence-corrected chi connectivity index (χ3v) is 2.61. The van der Waals surface area contributed by atoms with E-state index < -0.39 is 42.3 Å². The lowest BCUT2D eigenvalue weighted by atomic mass is 10.00. The summed E-state index contributed by atoms with van der Waals surface area (Å²) in [6.07, 6.45) is -4.04. The van der Waals surface area contributed by atoms with Crippen molar-refractivity contribution in [1.29, 1.82) is 0 Å². The SMILES string of the molecule is CC(=O)OC[C@@H]1OC[C@@H](O)[C@@H](OC(C)=O)[C@@H]1OC(C)=O. The first-order valence-corrected chi connectivity index (χ1v) is 6.08. The van der Waals surface area contributed by atoms with Crippen molar-refractivity contribution in [1.82, 2.24) is 0 Å². The van der Waals surface area contributed by atoms with E-state index >= 15 is 0 Å². The topological polar surface area (TPSA) is 108 Å². The average Bonchev–Trinajstić information content (AvgIpc) is 2.31. The second-order valence-corrected chi connectivity index (χ2v) is 4.39. The van der Waals surface area contributed by atoms with Crippen LogP contribution in [0.5, 0.6) is 0 Å². The molecule has 1 aliphatic rings. The Morgan fingerprint density at radius 2 is 1.60 bits per heavy atom. The number of hydrogen-bond donors (Lipinski definition) is 1. The second-order valence-electron chi connectivity index (χ2n) is 4.39. The van der Waals surface area contributed by atoms with Gasteiger partial charge in [-0.3, -0.25) is 14.4 Å². The van der Waals surface area contributed by atoms with Gasteiger partial charge in [-0.2, -0.15) is 0 Å². The fourth-order valence-corrected chi connectivity index (χ4v) is 1.86. The number of carbonyl (C=O) groups is 3. The highest BCUT2D eigenvalue weighted by atomic mass is 16.6. The smallest absolute Gasteiger partial charge is 0.303 e. The number of esters is 3. The molecule has 4 atom stereocenters. The highest BCUT2D eigenvalue weighted by Crippen LogP contribution is 2.22. The van der Waals surface area contributed by atoms with Crippen molar-refractivity contribution < 1.29 is 38.4 Å². The summed E-state index contributed by atoms with van der Waals surface area (Å²) >= 11 is 0. The van der Waals surface area contributed by atoms with Gasteiger partial charge < -0.3 is 24.1 Å². The quantitative estimate of drug-likeness (QED) is 0.528. The van der Waals surface area contributed by atoms with Crippen molar-refractivity contribution in [2.45, 2.75) is 45.2 Å². The lowest BCUT2D eigenvalue weighted by molar-refractivity contribution is -0.225. The molecule has 1 saturated heterocycles. The van der Waals surface area contributed by atoms with E-state index in [-0.39, 0.29) is 13.2 Å². The summed E-state index contributed by atoms with van der Waals surface area (Å²) in [4.78, 5) is 33.0. The molecule has 8 heteroatoms. The molecular formula is C12H18O8. The third kappa shape index (κ3) is 4.78. The summed E-state index contributed by atoms with van der Waals surface area (Å²) in [6.45, 7) is 3.28. The van der Waals surface area contributed by atoms with E-state index in [1.54, 1.807) is 0 Å². The van der Waals surface area contributed by atoms with E-state index in [1.807, 2.05) is 0 Å². The Kier molecular flexibility index (Phi) is 5.90. The maximum absolute atomic E-state index is 11.1. The van der Waals surface area contributed by atoms with Gasteiger partial charge in [-0.15, -0.1) is 0 Å². The van der Waals surface area contributed by atoms with E-state index in [4.69, 9.17) is 18.9 Å². The Hall–Kier alpha value is -1.67. The highest BCUT2D eigenvalue weighted by molar-refractivity contribution is 5.67. The van der Waals surface area contributed by atoms with E-state index in [0.29, 0.717) is 0 Å². The molecule has 0 radical (unpaired) electrons. The molecule has 1 N–H and O–H groups in total. The van der Waals surface area contributed by atoms with Crippen molar-refractivity contribution in [2.24, 2.45) is 0 Å². The Morgan fingerprint density at radius 1 is 1.05 bits per heavy atom. The Bertz CT molecular complexity index is 380. The molecule has 0 saturated carbocycles. The van der Waals surface area contributed by atoms with Crippen LogP contribution in [-0.4, -0.2) is 60.6 Å². The molecule has 0 unspecified atom stereocenters. The second kappa shape index (κ2) is 7.20. The van der Waals surface area contributed by atoms with Crippen molar-refractivity contribution in [2.75, 3.05) is 13.2 Å². The monoisotopic (exact) mass is 290 g/mol. The van der Waals surface area contributed by atoms with Crippen LogP contribution >= 0.6 is 0 Å². The Labute approximate surface area is 115 Å². The number of aliphatic hydroxyl groups is 1. The summed E-state index contributed by atoms with van der Waals surface area (Å²) < 4.78 is 20.1. The number of hydrogen-bond acceptors (Lipinski definition) is 8. The molecule has 1 fully saturated rings. The summed E-state index contributed by atoms with van der Waals surface area (Å²) in [5.74, 6) is -1.78. The molecule has 1 aliphatic heterocycles. The minimum atomic E-state index is -1.13. The van der Waals surface area contributed by atoms with Gasteiger partial charge in [0.1, 0.15) is 18.8 Å². The molecular weight excluding hydrogens is 272 g/mol. The van der Waals surface area contributed by atoms with Crippen LogP contribution in [0, 0.1) is 0 Å². The zero-order valence-electron chi connectivity index (χ0n) is 11.5. The van der Waals surface area contributed by atoms with Crippen molar-refractivity contribution in [3.8, 4) is 0 Å². The van der Waals surface area contributed by atoms with Gasteiger partial charge >= 0.3 is 17.9 Å². The Morgan fingerprint density at radius 3 is 2.10 bits per heavy atom. The molecule has 0 aromatic rings. The van der Waals surface area contributed by atoms with Gasteiger partial charge in [-0.25, -0.2) is 0 Å². The van der Waals surface area contributed by atoms with Crippen LogP contribution in [-0.2, 0) is 33.3 Å². The fraction of sp³-hybridized carbons (Fsp3) is 0.750. The van der Waals surface area contributed by atoms with Gasteiger partial charge in [-0.1, -0.05) is 0 Å². The van der Waals surface area contributed by atoms with Crippen molar-refractivity contribution in [3.05, 3.63) is 0 Å². The predicted molar refractivity (Wildman–Crippen MR) is 63.5 cm³/mol. The average molecular weight is 290 g/mol. The first-order chi connectivity index (χ1) is 9.31. The zero-order valence-corrected chi connectivity index (χ0v) is 11.5. The van der Waals surface area contributed by atoms with Gasteiger partial charge in [-0.05, 0) is 0 Å². The van der Waals surface area contributed by atoms with Gasteiger partial charge in [0.05, 0.1) is 6.61 Å². The molecule has 1 rings (SSSR count). The molecule has 0 aliphatic carbocycles. The van der Waals surface area contributed by atoms with E-state index in [0.717, 1.165) is 0 Å². The summed E-state index contributed by atoms with van der Waals surface area (Å²) in [5.41, 5.74) is 0. The molecule has 0 spiro atoms. The molecule has 0 amide bonds. The lowest BCUT2D eigenvalue weighted by Crippen LogP contribution is -2.57. The summed E-state index contributed by atoms with van der Waals surface area (Å²) in [6, 6.07) is 0. The maximum Gasteiger partial charge on any atom is 0.303 e. The van der Waals surface area contributed by atoms with Crippen LogP contribution in [0.4, 0.5) is 0 Å². The minimum Gasteiger partial charge on any atom is -0.463 e. The summed E-state index contributed by atoms with van der Waals surface area (Å²) in [7, 11) is 0. The van der Waals surface area contributed by atoms with E-state index in [9.17, 15) is 19.5 Å². The van der Waals surface area contributed by atoms with E-state index in [1.165, 1.54) is 20.8 Å². The predicted octanol–water partition coefficient (Wildman–Crippen LogP) is -0.827.